The smallest absolute Gasteiger partial charge is 0.406 e. The number of nitrogens with one attached hydrogen (secondary N) is 1. The number of nitrogens with zero attached hydrogens (tertiary/aromatic N) is 1. The first-order valence-electron chi connectivity index (χ1n) is 7.39. The topological polar surface area (TPSA) is 77.1 Å². The molecule has 1 aliphatic rings. The highest BCUT2D eigenvalue weighted by molar-refractivity contribution is 5.96. The number of hydrogen-bond acceptors (Lipinski definition) is 5. The third-order valence-corrected chi connectivity index (χ3v) is 3.20. The maximum absolute atomic E-state index is 12.3. The average Bonchev–Trinajstić information content (AvgIpc) is 2.91. The fraction of sp³-hybridized carbons (Fsp3) is 0.375. The molecular formula is C16H15F3N2O5. The van der Waals surface area contributed by atoms with E-state index in [4.69, 9.17) is 15.9 Å². The van der Waals surface area contributed by atoms with Crippen LogP contribution in [0.15, 0.2) is 24.3 Å². The molecular weight excluding hydrogens is 357 g/mol. The number of carbonyl (C=O) groups excluding carboxylic acids is 2. The monoisotopic (exact) mass is 372 g/mol. The van der Waals surface area contributed by atoms with Gasteiger partial charge in [-0.1, -0.05) is 6.07 Å². The van der Waals surface area contributed by atoms with E-state index in [0.717, 1.165) is 17.0 Å². The number of terminal acetylenes is 1. The van der Waals surface area contributed by atoms with Crippen molar-refractivity contribution in [3.63, 3.8) is 0 Å². The number of rotatable bonds is 5. The van der Waals surface area contributed by atoms with Gasteiger partial charge in [-0.3, -0.25) is 4.79 Å². The number of carbonyl (C=O) groups is 2. The van der Waals surface area contributed by atoms with E-state index in [-0.39, 0.29) is 18.2 Å². The Labute approximate surface area is 147 Å². The molecule has 2 atom stereocenters. The van der Waals surface area contributed by atoms with Crippen LogP contribution >= 0.6 is 0 Å². The molecule has 2 unspecified atom stereocenters. The summed E-state index contributed by atoms with van der Waals surface area (Å²) in [6.07, 6.45) is -2.01. The maximum Gasteiger partial charge on any atom is 0.573 e. The summed E-state index contributed by atoms with van der Waals surface area (Å²) in [7, 11) is 0. The summed E-state index contributed by atoms with van der Waals surface area (Å²) in [4.78, 5) is 24.6. The molecule has 0 radical (unpaired) electrons. The van der Waals surface area contributed by atoms with Crippen LogP contribution in [0.25, 0.3) is 0 Å². The van der Waals surface area contributed by atoms with Gasteiger partial charge in [-0.05, 0) is 19.1 Å². The van der Waals surface area contributed by atoms with Gasteiger partial charge in [0.2, 0.25) is 0 Å². The lowest BCUT2D eigenvalue weighted by atomic mass is 10.2. The summed E-state index contributed by atoms with van der Waals surface area (Å²) in [5.74, 6) is 1.05. The molecule has 1 N–H and O–H groups in total. The van der Waals surface area contributed by atoms with Gasteiger partial charge in [0.15, 0.2) is 0 Å². The molecule has 26 heavy (non-hydrogen) atoms. The Morgan fingerprint density at radius 1 is 1.54 bits per heavy atom. The molecule has 1 aromatic rings. The third kappa shape index (κ3) is 5.29. The Balaban J connectivity index is 2.09. The lowest BCUT2D eigenvalue weighted by Crippen LogP contribution is -2.40. The SMILES string of the molecule is C#CC(C)CNC(=O)OC1OCC(=O)N1c1cccc(OC(F)(F)F)c1. The highest BCUT2D eigenvalue weighted by atomic mass is 19.4. The molecule has 140 valence electrons. The first-order valence-corrected chi connectivity index (χ1v) is 7.39. The van der Waals surface area contributed by atoms with E-state index in [2.05, 4.69) is 16.0 Å². The van der Waals surface area contributed by atoms with Gasteiger partial charge in [0.25, 0.3) is 12.3 Å². The highest BCUT2D eigenvalue weighted by Gasteiger charge is 2.37. The molecule has 0 aromatic heterocycles. The second-order valence-corrected chi connectivity index (χ2v) is 5.28. The van der Waals surface area contributed by atoms with Crippen molar-refractivity contribution in [1.82, 2.24) is 5.32 Å². The maximum atomic E-state index is 12.3. The summed E-state index contributed by atoms with van der Waals surface area (Å²) < 4.78 is 50.9. The number of amides is 2. The van der Waals surface area contributed by atoms with E-state index in [1.54, 1.807) is 6.92 Å². The summed E-state index contributed by atoms with van der Waals surface area (Å²) in [6, 6.07) is 4.66. The van der Waals surface area contributed by atoms with Crippen LogP contribution in [-0.4, -0.2) is 37.9 Å². The Kier molecular flexibility index (Phi) is 5.94. The van der Waals surface area contributed by atoms with Gasteiger partial charge in [0.05, 0.1) is 5.69 Å². The van der Waals surface area contributed by atoms with Gasteiger partial charge >= 0.3 is 12.5 Å². The van der Waals surface area contributed by atoms with Crippen molar-refractivity contribution in [1.29, 1.82) is 0 Å². The zero-order valence-electron chi connectivity index (χ0n) is 13.6. The van der Waals surface area contributed by atoms with Crippen molar-refractivity contribution >= 4 is 17.7 Å². The van der Waals surface area contributed by atoms with Gasteiger partial charge in [0.1, 0.15) is 12.4 Å². The summed E-state index contributed by atoms with van der Waals surface area (Å²) in [6.45, 7) is 1.45. The van der Waals surface area contributed by atoms with Crippen molar-refractivity contribution in [3.05, 3.63) is 24.3 Å². The molecule has 1 heterocycles. The molecule has 1 aliphatic heterocycles. The minimum absolute atomic E-state index is 0.0176. The molecule has 0 aliphatic carbocycles. The predicted octanol–water partition coefficient (Wildman–Crippen LogP) is 2.23. The Bertz CT molecular complexity index is 717. The largest absolute Gasteiger partial charge is 0.573 e. The molecule has 2 amide bonds. The predicted molar refractivity (Wildman–Crippen MR) is 82.8 cm³/mol. The van der Waals surface area contributed by atoms with Crippen LogP contribution in [0.3, 0.4) is 0 Å². The van der Waals surface area contributed by atoms with Crippen molar-refractivity contribution in [2.75, 3.05) is 18.1 Å². The van der Waals surface area contributed by atoms with E-state index in [1.807, 2.05) is 0 Å². The van der Waals surface area contributed by atoms with E-state index in [1.165, 1.54) is 12.1 Å². The van der Waals surface area contributed by atoms with Crippen LogP contribution in [0.5, 0.6) is 5.75 Å². The number of hydrogen-bond donors (Lipinski definition) is 1. The fourth-order valence-electron chi connectivity index (χ4n) is 2.02. The zero-order chi connectivity index (χ0) is 19.3. The van der Waals surface area contributed by atoms with Crippen LogP contribution in [0, 0.1) is 18.3 Å². The molecule has 7 nitrogen and oxygen atoms in total. The Morgan fingerprint density at radius 3 is 2.92 bits per heavy atom. The molecule has 2 rings (SSSR count). The molecule has 1 aromatic carbocycles. The Hall–Kier alpha value is -2.93. The van der Waals surface area contributed by atoms with Gasteiger partial charge in [-0.2, -0.15) is 0 Å². The van der Waals surface area contributed by atoms with Gasteiger partial charge < -0.3 is 19.5 Å². The van der Waals surface area contributed by atoms with E-state index in [9.17, 15) is 22.8 Å². The summed E-state index contributed by atoms with van der Waals surface area (Å²) >= 11 is 0. The van der Waals surface area contributed by atoms with Crippen LogP contribution in [0.1, 0.15) is 6.92 Å². The molecule has 1 saturated heterocycles. The van der Waals surface area contributed by atoms with Crippen molar-refractivity contribution in [2.24, 2.45) is 5.92 Å². The summed E-state index contributed by atoms with van der Waals surface area (Å²) in [5, 5.41) is 2.39. The van der Waals surface area contributed by atoms with Crippen LogP contribution in [-0.2, 0) is 14.3 Å². The molecule has 10 heteroatoms. The van der Waals surface area contributed by atoms with Crippen LogP contribution in [0.2, 0.25) is 0 Å². The number of alkyl halides is 3. The molecule has 0 bridgehead atoms. The number of ether oxygens (including phenoxy) is 3. The minimum Gasteiger partial charge on any atom is -0.406 e. The quantitative estimate of drug-likeness (QED) is 0.802. The highest BCUT2D eigenvalue weighted by Crippen LogP contribution is 2.29. The number of anilines is 1. The second kappa shape index (κ2) is 7.97. The van der Waals surface area contributed by atoms with E-state index in [0.29, 0.717) is 0 Å². The molecule has 1 fully saturated rings. The number of halogens is 3. The van der Waals surface area contributed by atoms with Crippen molar-refractivity contribution < 1.29 is 37.0 Å². The number of alkyl carbamates (subject to hydrolysis) is 1. The normalized spacial score (nSPS) is 18.2. The number of benzene rings is 1. The fourth-order valence-corrected chi connectivity index (χ4v) is 2.02. The summed E-state index contributed by atoms with van der Waals surface area (Å²) in [5.41, 5.74) is 0.0176. The zero-order valence-corrected chi connectivity index (χ0v) is 13.6. The van der Waals surface area contributed by atoms with Crippen LogP contribution in [0.4, 0.5) is 23.7 Å². The minimum atomic E-state index is -4.88. The van der Waals surface area contributed by atoms with E-state index >= 15 is 0 Å². The standard InChI is InChI=1S/C16H15F3N2O5/c1-3-10(2)8-20-14(23)25-15-21(13(22)9-24-15)11-5-4-6-12(7-11)26-16(17,18)19/h1,4-7,10,15H,8-9H2,2H3,(H,20,23). The van der Waals surface area contributed by atoms with E-state index < -0.39 is 37.1 Å². The lowest BCUT2D eigenvalue weighted by Gasteiger charge is -2.23. The van der Waals surface area contributed by atoms with Crippen molar-refractivity contribution in [2.45, 2.75) is 19.7 Å². The first kappa shape index (κ1) is 19.4. The van der Waals surface area contributed by atoms with Crippen molar-refractivity contribution in [3.8, 4) is 18.1 Å². The molecule has 0 saturated carbocycles. The average molecular weight is 372 g/mol. The van der Waals surface area contributed by atoms with Gasteiger partial charge in [-0.25, -0.2) is 9.69 Å². The molecule has 0 spiro atoms. The van der Waals surface area contributed by atoms with Gasteiger partial charge in [-0.15, -0.1) is 25.5 Å². The second-order valence-electron chi connectivity index (χ2n) is 5.28. The third-order valence-electron chi connectivity index (χ3n) is 3.20. The van der Waals surface area contributed by atoms with Gasteiger partial charge in [0, 0.05) is 18.5 Å². The first-order chi connectivity index (χ1) is 12.2. The van der Waals surface area contributed by atoms with Crippen LogP contribution < -0.4 is 15.0 Å². The lowest BCUT2D eigenvalue weighted by molar-refractivity contribution is -0.274. The Morgan fingerprint density at radius 2 is 2.27 bits per heavy atom.